The molecule has 0 fully saturated rings. The molecular weight excluding hydrogens is 267 g/mol. The Labute approximate surface area is 115 Å². The van der Waals surface area contributed by atoms with Crippen LogP contribution < -0.4 is 0 Å². The highest BCUT2D eigenvalue weighted by atomic mass is 19.4. The van der Waals surface area contributed by atoms with Crippen molar-refractivity contribution in [3.63, 3.8) is 0 Å². The van der Waals surface area contributed by atoms with Gasteiger partial charge in [-0.3, -0.25) is 4.98 Å². The second-order valence-corrected chi connectivity index (χ2v) is 4.50. The number of pyridine rings is 1. The molecule has 0 radical (unpaired) electrons. The van der Waals surface area contributed by atoms with E-state index in [1.165, 1.54) is 6.07 Å². The Balaban J connectivity index is 2.30. The molecule has 1 heterocycles. The number of hydrogen-bond acceptors (Lipinski definition) is 2. The quantitative estimate of drug-likeness (QED) is 0.840. The lowest BCUT2D eigenvalue weighted by molar-refractivity contribution is -0.137. The molecule has 0 saturated carbocycles. The molecule has 0 atom stereocenters. The van der Waals surface area contributed by atoms with Crippen LogP contribution in [0.2, 0.25) is 0 Å². The fourth-order valence-electron chi connectivity index (χ4n) is 1.90. The summed E-state index contributed by atoms with van der Waals surface area (Å²) in [5.74, 6) is 0. The number of halogens is 3. The van der Waals surface area contributed by atoms with Gasteiger partial charge in [-0.2, -0.15) is 13.2 Å². The molecule has 0 saturated heterocycles. The van der Waals surface area contributed by atoms with Gasteiger partial charge in [-0.15, -0.1) is 0 Å². The average Bonchev–Trinajstić information content (AvgIpc) is 2.40. The lowest BCUT2D eigenvalue weighted by atomic mass is 10.0. The number of methoxy groups -OCH3 is 1. The van der Waals surface area contributed by atoms with Gasteiger partial charge in [0.1, 0.15) is 0 Å². The SMILES string of the molecule is COCc1ccc(-c2ccc(C(F)(F)F)cn2)cc1C. The summed E-state index contributed by atoms with van der Waals surface area (Å²) in [5, 5.41) is 0. The van der Waals surface area contributed by atoms with Gasteiger partial charge >= 0.3 is 6.18 Å². The molecule has 0 unspecified atom stereocenters. The van der Waals surface area contributed by atoms with Crippen LogP contribution in [0.5, 0.6) is 0 Å². The Morgan fingerprint density at radius 1 is 1.15 bits per heavy atom. The highest BCUT2D eigenvalue weighted by Gasteiger charge is 2.30. The third-order valence-corrected chi connectivity index (χ3v) is 3.03. The van der Waals surface area contributed by atoms with E-state index in [1.807, 2.05) is 25.1 Å². The summed E-state index contributed by atoms with van der Waals surface area (Å²) in [6.07, 6.45) is -3.50. The van der Waals surface area contributed by atoms with Crippen molar-refractivity contribution in [1.82, 2.24) is 4.98 Å². The molecule has 2 aromatic rings. The van der Waals surface area contributed by atoms with Gasteiger partial charge in [0.05, 0.1) is 17.9 Å². The van der Waals surface area contributed by atoms with Crippen LogP contribution in [0.1, 0.15) is 16.7 Å². The minimum atomic E-state index is -4.36. The van der Waals surface area contributed by atoms with Gasteiger partial charge in [0.15, 0.2) is 0 Å². The monoisotopic (exact) mass is 281 g/mol. The molecular formula is C15H14F3NO. The van der Waals surface area contributed by atoms with Gasteiger partial charge in [-0.05, 0) is 36.2 Å². The number of hydrogen-bond donors (Lipinski definition) is 0. The van der Waals surface area contributed by atoms with Gasteiger partial charge in [0, 0.05) is 18.9 Å². The minimum Gasteiger partial charge on any atom is -0.380 e. The standard InChI is InChI=1S/C15H14F3NO/c1-10-7-11(3-4-12(10)9-20-2)14-6-5-13(8-19-14)15(16,17)18/h3-8H,9H2,1-2H3. The molecule has 20 heavy (non-hydrogen) atoms. The van der Waals surface area contributed by atoms with Crippen molar-refractivity contribution in [3.05, 3.63) is 53.2 Å². The first-order chi connectivity index (χ1) is 9.41. The number of nitrogens with zero attached hydrogens (tertiary/aromatic N) is 1. The molecule has 1 aromatic heterocycles. The summed E-state index contributed by atoms with van der Waals surface area (Å²) >= 11 is 0. The predicted molar refractivity (Wildman–Crippen MR) is 70.1 cm³/mol. The minimum absolute atomic E-state index is 0.507. The highest BCUT2D eigenvalue weighted by Crippen LogP contribution is 2.30. The molecule has 5 heteroatoms. The van der Waals surface area contributed by atoms with Gasteiger partial charge < -0.3 is 4.74 Å². The van der Waals surface area contributed by atoms with Gasteiger partial charge in [-0.1, -0.05) is 12.1 Å². The third kappa shape index (κ3) is 3.17. The van der Waals surface area contributed by atoms with E-state index in [2.05, 4.69) is 4.98 Å². The molecule has 0 spiro atoms. The van der Waals surface area contributed by atoms with E-state index in [0.717, 1.165) is 29.0 Å². The van der Waals surface area contributed by atoms with Crippen LogP contribution >= 0.6 is 0 Å². The van der Waals surface area contributed by atoms with Crippen molar-refractivity contribution in [2.45, 2.75) is 19.7 Å². The number of rotatable bonds is 3. The normalized spacial score (nSPS) is 11.7. The zero-order valence-corrected chi connectivity index (χ0v) is 11.2. The molecule has 0 aliphatic heterocycles. The number of benzene rings is 1. The average molecular weight is 281 g/mol. The Kier molecular flexibility index (Phi) is 4.09. The molecule has 0 bridgehead atoms. The predicted octanol–water partition coefficient (Wildman–Crippen LogP) is 4.22. The van der Waals surface area contributed by atoms with E-state index >= 15 is 0 Å². The van der Waals surface area contributed by atoms with Crippen molar-refractivity contribution < 1.29 is 17.9 Å². The zero-order valence-electron chi connectivity index (χ0n) is 11.2. The van der Waals surface area contributed by atoms with E-state index in [0.29, 0.717) is 12.3 Å². The van der Waals surface area contributed by atoms with Crippen LogP contribution in [-0.2, 0) is 17.5 Å². The summed E-state index contributed by atoms with van der Waals surface area (Å²) in [4.78, 5) is 3.88. The number of aromatic nitrogens is 1. The summed E-state index contributed by atoms with van der Waals surface area (Å²) in [6, 6.07) is 8.04. The van der Waals surface area contributed by atoms with Crippen molar-refractivity contribution in [3.8, 4) is 11.3 Å². The maximum absolute atomic E-state index is 12.5. The second kappa shape index (κ2) is 5.63. The molecule has 106 valence electrons. The fraction of sp³-hybridized carbons (Fsp3) is 0.267. The van der Waals surface area contributed by atoms with E-state index in [-0.39, 0.29) is 0 Å². The Morgan fingerprint density at radius 2 is 1.90 bits per heavy atom. The Hall–Kier alpha value is -1.88. The molecule has 2 nitrogen and oxygen atoms in total. The summed E-state index contributed by atoms with van der Waals surface area (Å²) < 4.78 is 42.5. The number of aryl methyl sites for hydroxylation is 1. The zero-order chi connectivity index (χ0) is 14.8. The van der Waals surface area contributed by atoms with Crippen molar-refractivity contribution in [1.29, 1.82) is 0 Å². The smallest absolute Gasteiger partial charge is 0.380 e. The molecule has 0 N–H and O–H groups in total. The summed E-state index contributed by atoms with van der Waals surface area (Å²) in [6.45, 7) is 2.44. The van der Waals surface area contributed by atoms with Gasteiger partial charge in [-0.25, -0.2) is 0 Å². The Bertz CT molecular complexity index is 591. The first-order valence-corrected chi connectivity index (χ1v) is 6.04. The maximum atomic E-state index is 12.5. The van der Waals surface area contributed by atoms with Crippen LogP contribution in [0, 0.1) is 6.92 Å². The molecule has 0 aliphatic carbocycles. The lowest BCUT2D eigenvalue weighted by Gasteiger charge is -2.09. The molecule has 1 aromatic carbocycles. The maximum Gasteiger partial charge on any atom is 0.417 e. The van der Waals surface area contributed by atoms with Gasteiger partial charge in [0.2, 0.25) is 0 Å². The lowest BCUT2D eigenvalue weighted by Crippen LogP contribution is -2.05. The molecule has 0 aliphatic rings. The molecule has 2 rings (SSSR count). The highest BCUT2D eigenvalue weighted by molar-refractivity contribution is 5.61. The molecule has 0 amide bonds. The second-order valence-electron chi connectivity index (χ2n) is 4.50. The van der Waals surface area contributed by atoms with Crippen LogP contribution in [0.25, 0.3) is 11.3 Å². The van der Waals surface area contributed by atoms with E-state index in [9.17, 15) is 13.2 Å². The topological polar surface area (TPSA) is 22.1 Å². The van der Waals surface area contributed by atoms with Gasteiger partial charge in [0.25, 0.3) is 0 Å². The first-order valence-electron chi connectivity index (χ1n) is 6.04. The van der Waals surface area contributed by atoms with E-state index < -0.39 is 11.7 Å². The largest absolute Gasteiger partial charge is 0.417 e. The Morgan fingerprint density at radius 3 is 2.40 bits per heavy atom. The van der Waals surface area contributed by atoms with Crippen LogP contribution in [-0.4, -0.2) is 12.1 Å². The van der Waals surface area contributed by atoms with Crippen molar-refractivity contribution in [2.24, 2.45) is 0 Å². The van der Waals surface area contributed by atoms with Crippen LogP contribution in [0.3, 0.4) is 0 Å². The third-order valence-electron chi connectivity index (χ3n) is 3.03. The van der Waals surface area contributed by atoms with Crippen LogP contribution in [0.4, 0.5) is 13.2 Å². The van der Waals surface area contributed by atoms with Crippen LogP contribution in [0.15, 0.2) is 36.5 Å². The fourth-order valence-corrected chi connectivity index (χ4v) is 1.90. The first kappa shape index (κ1) is 14.5. The summed E-state index contributed by atoms with van der Waals surface area (Å²) in [5.41, 5.74) is 2.63. The number of ether oxygens (including phenoxy) is 1. The van der Waals surface area contributed by atoms with Crippen molar-refractivity contribution in [2.75, 3.05) is 7.11 Å². The van der Waals surface area contributed by atoms with E-state index in [4.69, 9.17) is 4.74 Å². The van der Waals surface area contributed by atoms with Crippen molar-refractivity contribution >= 4 is 0 Å². The van der Waals surface area contributed by atoms with E-state index in [1.54, 1.807) is 7.11 Å². The number of alkyl halides is 3. The summed E-state index contributed by atoms with van der Waals surface area (Å²) in [7, 11) is 1.62.